The molecular formula is C21H38O3. The van der Waals surface area contributed by atoms with Crippen LogP contribution in [0.3, 0.4) is 0 Å². The normalized spacial score (nSPS) is 34.5. The summed E-state index contributed by atoms with van der Waals surface area (Å²) in [7, 11) is 0. The molecule has 3 heteroatoms. The van der Waals surface area contributed by atoms with E-state index in [9.17, 15) is 5.11 Å². The van der Waals surface area contributed by atoms with Gasteiger partial charge < -0.3 is 14.6 Å². The summed E-state index contributed by atoms with van der Waals surface area (Å²) >= 11 is 0. The Morgan fingerprint density at radius 2 is 1.67 bits per heavy atom. The third kappa shape index (κ3) is 4.53. The van der Waals surface area contributed by atoms with Crippen molar-refractivity contribution in [3.05, 3.63) is 0 Å². The zero-order valence-electron chi connectivity index (χ0n) is 15.7. The average molecular weight is 339 g/mol. The molecule has 24 heavy (non-hydrogen) atoms. The standard InChI is InChI=1S/C21H38O3/c1-2-3-14-19-16-23-21(24-19,15-17-10-6-4-7-11-17)20(22)18-12-8-5-9-13-18/h17-20,22H,2-16H2,1H3. The highest BCUT2D eigenvalue weighted by Gasteiger charge is 2.51. The molecular weight excluding hydrogens is 300 g/mol. The van der Waals surface area contributed by atoms with Gasteiger partial charge in [-0.25, -0.2) is 0 Å². The molecule has 0 radical (unpaired) electrons. The van der Waals surface area contributed by atoms with Crippen LogP contribution in [0.5, 0.6) is 0 Å². The fourth-order valence-electron chi connectivity index (χ4n) is 5.14. The van der Waals surface area contributed by atoms with E-state index >= 15 is 0 Å². The van der Waals surface area contributed by atoms with Crippen molar-refractivity contribution in [2.75, 3.05) is 6.61 Å². The van der Waals surface area contributed by atoms with Gasteiger partial charge in [0.1, 0.15) is 6.10 Å². The minimum atomic E-state index is -0.706. The molecule has 2 saturated carbocycles. The number of hydrogen-bond donors (Lipinski definition) is 1. The number of ether oxygens (including phenoxy) is 2. The van der Waals surface area contributed by atoms with Gasteiger partial charge in [-0.05, 0) is 31.1 Å². The first-order chi connectivity index (χ1) is 11.7. The van der Waals surface area contributed by atoms with Gasteiger partial charge in [0.2, 0.25) is 0 Å². The lowest BCUT2D eigenvalue weighted by molar-refractivity contribution is -0.253. The maximum absolute atomic E-state index is 11.2. The first-order valence-electron chi connectivity index (χ1n) is 10.7. The predicted molar refractivity (Wildman–Crippen MR) is 96.9 cm³/mol. The van der Waals surface area contributed by atoms with E-state index in [-0.39, 0.29) is 6.10 Å². The number of aliphatic hydroxyl groups is 1. The number of aliphatic hydroxyl groups excluding tert-OH is 1. The van der Waals surface area contributed by atoms with E-state index in [0.29, 0.717) is 18.4 Å². The summed E-state index contributed by atoms with van der Waals surface area (Å²) in [5, 5.41) is 11.2. The third-order valence-electron chi connectivity index (χ3n) is 6.60. The molecule has 3 aliphatic rings. The fraction of sp³-hybridized carbons (Fsp3) is 1.00. The highest BCUT2D eigenvalue weighted by atomic mass is 16.8. The molecule has 0 amide bonds. The Bertz CT molecular complexity index is 360. The molecule has 0 spiro atoms. The molecule has 3 rings (SSSR count). The van der Waals surface area contributed by atoms with Crippen LogP contribution in [-0.2, 0) is 9.47 Å². The molecule has 1 aliphatic heterocycles. The molecule has 1 heterocycles. The third-order valence-corrected chi connectivity index (χ3v) is 6.60. The van der Waals surface area contributed by atoms with Crippen molar-refractivity contribution in [2.24, 2.45) is 11.8 Å². The lowest BCUT2D eigenvalue weighted by Crippen LogP contribution is -2.50. The Labute approximate surface area is 148 Å². The van der Waals surface area contributed by atoms with E-state index in [1.54, 1.807) is 0 Å². The van der Waals surface area contributed by atoms with Crippen molar-refractivity contribution in [2.45, 2.75) is 115 Å². The van der Waals surface area contributed by atoms with Gasteiger partial charge in [-0.2, -0.15) is 0 Å². The molecule has 1 N–H and O–H groups in total. The van der Waals surface area contributed by atoms with Crippen LogP contribution in [0.2, 0.25) is 0 Å². The summed E-state index contributed by atoms with van der Waals surface area (Å²) in [6, 6.07) is 0. The van der Waals surface area contributed by atoms with Crippen molar-refractivity contribution in [3.8, 4) is 0 Å². The van der Waals surface area contributed by atoms with Crippen LogP contribution in [0.25, 0.3) is 0 Å². The molecule has 3 atom stereocenters. The SMILES string of the molecule is CCCCC1COC(CC2CCCCC2)(C(O)C2CCCCC2)O1. The fourth-order valence-corrected chi connectivity index (χ4v) is 5.14. The Morgan fingerprint density at radius 1 is 1.00 bits per heavy atom. The van der Waals surface area contributed by atoms with E-state index in [1.807, 2.05) is 0 Å². The molecule has 140 valence electrons. The number of rotatable bonds is 7. The second-order valence-corrected chi connectivity index (χ2v) is 8.56. The molecule has 3 nitrogen and oxygen atoms in total. The highest BCUT2D eigenvalue weighted by molar-refractivity contribution is 4.92. The van der Waals surface area contributed by atoms with Gasteiger partial charge in [-0.1, -0.05) is 71.1 Å². The predicted octanol–water partition coefficient (Wildman–Crippen LogP) is 5.20. The zero-order valence-corrected chi connectivity index (χ0v) is 15.7. The summed E-state index contributed by atoms with van der Waals surface area (Å²) in [5.74, 6) is 0.330. The number of hydrogen-bond acceptors (Lipinski definition) is 3. The zero-order chi connectivity index (χ0) is 16.8. The van der Waals surface area contributed by atoms with E-state index in [4.69, 9.17) is 9.47 Å². The van der Waals surface area contributed by atoms with Gasteiger partial charge >= 0.3 is 0 Å². The lowest BCUT2D eigenvalue weighted by atomic mass is 9.77. The van der Waals surface area contributed by atoms with Crippen LogP contribution in [0, 0.1) is 11.8 Å². The van der Waals surface area contributed by atoms with E-state index in [2.05, 4.69) is 6.92 Å². The van der Waals surface area contributed by atoms with Gasteiger partial charge in [-0.15, -0.1) is 0 Å². The quantitative estimate of drug-likeness (QED) is 0.693. The smallest absolute Gasteiger partial charge is 0.195 e. The van der Waals surface area contributed by atoms with E-state index in [0.717, 1.165) is 25.7 Å². The van der Waals surface area contributed by atoms with Crippen LogP contribution in [0.15, 0.2) is 0 Å². The van der Waals surface area contributed by atoms with Gasteiger partial charge in [0.25, 0.3) is 0 Å². The Hall–Kier alpha value is -0.120. The molecule has 1 saturated heterocycles. The van der Waals surface area contributed by atoms with E-state index < -0.39 is 11.9 Å². The molecule has 0 aromatic rings. The minimum Gasteiger partial charge on any atom is -0.387 e. The van der Waals surface area contributed by atoms with Gasteiger partial charge in [0, 0.05) is 6.42 Å². The van der Waals surface area contributed by atoms with Crippen LogP contribution in [0.4, 0.5) is 0 Å². The topological polar surface area (TPSA) is 38.7 Å². The van der Waals surface area contributed by atoms with Crippen molar-refractivity contribution in [1.82, 2.24) is 0 Å². The number of unbranched alkanes of at least 4 members (excludes halogenated alkanes) is 1. The summed E-state index contributed by atoms with van der Waals surface area (Å²) in [6.07, 6.45) is 16.8. The molecule has 0 aromatic carbocycles. The molecule has 0 aromatic heterocycles. The van der Waals surface area contributed by atoms with Crippen molar-refractivity contribution in [1.29, 1.82) is 0 Å². The maximum Gasteiger partial charge on any atom is 0.195 e. The second kappa shape index (κ2) is 9.00. The maximum atomic E-state index is 11.2. The molecule has 2 aliphatic carbocycles. The van der Waals surface area contributed by atoms with Gasteiger partial charge in [-0.3, -0.25) is 0 Å². The largest absolute Gasteiger partial charge is 0.387 e. The van der Waals surface area contributed by atoms with Crippen molar-refractivity contribution in [3.63, 3.8) is 0 Å². The summed E-state index contributed by atoms with van der Waals surface area (Å²) in [6.45, 7) is 2.90. The van der Waals surface area contributed by atoms with Gasteiger partial charge in [0.05, 0.1) is 12.7 Å². The van der Waals surface area contributed by atoms with Crippen LogP contribution in [-0.4, -0.2) is 29.7 Å². The molecule has 3 unspecified atom stereocenters. The van der Waals surface area contributed by atoms with Crippen LogP contribution in [0.1, 0.15) is 96.8 Å². The molecule has 0 bridgehead atoms. The Morgan fingerprint density at radius 3 is 2.33 bits per heavy atom. The minimum absolute atomic E-state index is 0.187. The van der Waals surface area contributed by atoms with E-state index in [1.165, 1.54) is 64.2 Å². The second-order valence-electron chi connectivity index (χ2n) is 8.56. The summed E-state index contributed by atoms with van der Waals surface area (Å²) in [5.41, 5.74) is 0. The lowest BCUT2D eigenvalue weighted by Gasteiger charge is -2.41. The molecule has 3 fully saturated rings. The average Bonchev–Trinajstić information content (AvgIpc) is 3.05. The summed E-state index contributed by atoms with van der Waals surface area (Å²) < 4.78 is 12.8. The van der Waals surface area contributed by atoms with Crippen molar-refractivity contribution < 1.29 is 14.6 Å². The Balaban J connectivity index is 1.67. The summed E-state index contributed by atoms with van der Waals surface area (Å²) in [4.78, 5) is 0. The first kappa shape index (κ1) is 18.7. The van der Waals surface area contributed by atoms with Gasteiger partial charge in [0.15, 0.2) is 5.79 Å². The first-order valence-corrected chi connectivity index (χ1v) is 10.7. The van der Waals surface area contributed by atoms with Crippen LogP contribution < -0.4 is 0 Å². The van der Waals surface area contributed by atoms with Crippen LogP contribution >= 0.6 is 0 Å². The van der Waals surface area contributed by atoms with Crippen molar-refractivity contribution >= 4 is 0 Å². The monoisotopic (exact) mass is 338 g/mol. The highest BCUT2D eigenvalue weighted by Crippen LogP contribution is 2.43. The Kier molecular flexibility index (Phi) is 7.00.